The molecule has 1 N–H and O–H groups in total. The van der Waals surface area contributed by atoms with Gasteiger partial charge in [-0.25, -0.2) is 0 Å². The Hall–Kier alpha value is -5.58. The number of hydrogen-bond acceptors (Lipinski definition) is 2. The maximum atomic E-state index is 3.96. The largest absolute Gasteiger partial charge is 0.354 e. The summed E-state index contributed by atoms with van der Waals surface area (Å²) in [7, 11) is 2.54. The lowest BCUT2D eigenvalue weighted by molar-refractivity contribution is 0.332. The van der Waals surface area contributed by atoms with Gasteiger partial charge in [-0.3, -0.25) is 0 Å². The van der Waals surface area contributed by atoms with Gasteiger partial charge in [0.1, 0.15) is 0 Å². The van der Waals surface area contributed by atoms with E-state index in [2.05, 4.69) is 200 Å². The van der Waals surface area contributed by atoms with Crippen molar-refractivity contribution in [2.45, 2.75) is 103 Å². The van der Waals surface area contributed by atoms with E-state index in [1.165, 1.54) is 140 Å². The number of nitrogens with zero attached hydrogens (tertiary/aromatic N) is 1. The van der Waals surface area contributed by atoms with E-state index in [1.54, 1.807) is 0 Å². The van der Waals surface area contributed by atoms with Gasteiger partial charge >= 0.3 is 0 Å². The fourth-order valence-electron chi connectivity index (χ4n) is 11.6. The molecule has 0 fully saturated rings. The Kier molecular flexibility index (Phi) is 7.99. The highest BCUT2D eigenvalue weighted by Gasteiger charge is 2.41. The van der Waals surface area contributed by atoms with Crippen LogP contribution in [0.4, 0.5) is 17.1 Å². The van der Waals surface area contributed by atoms with E-state index >= 15 is 0 Å². The second kappa shape index (κ2) is 13.0. The van der Waals surface area contributed by atoms with Crippen molar-refractivity contribution in [3.8, 4) is 22.3 Å². The maximum Gasteiger partial charge on any atom is 0.211 e. The van der Waals surface area contributed by atoms with Gasteiger partial charge in [0.25, 0.3) is 0 Å². The van der Waals surface area contributed by atoms with Crippen LogP contribution >= 0.6 is 11.3 Å². The number of rotatable bonds is 3. The molecule has 0 spiro atoms. The topological polar surface area (TPSA) is 19.0 Å². The minimum atomic E-state index is 0.0757. The van der Waals surface area contributed by atoms with Crippen molar-refractivity contribution in [2.75, 3.05) is 4.90 Å². The van der Waals surface area contributed by atoms with Gasteiger partial charge < -0.3 is 9.88 Å². The summed E-state index contributed by atoms with van der Waals surface area (Å²) >= 11 is 1.97. The highest BCUT2D eigenvalue weighted by atomic mass is 32.1. The molecule has 2 nitrogen and oxygen atoms in total. The third kappa shape index (κ3) is 5.54. The molecule has 0 amide bonds. The van der Waals surface area contributed by atoms with Gasteiger partial charge in [0, 0.05) is 43.3 Å². The fraction of sp³-hybridized carbons (Fsp3) is 0.276. The quantitative estimate of drug-likeness (QED) is 0.176. The molecule has 3 heterocycles. The van der Waals surface area contributed by atoms with E-state index in [1.807, 2.05) is 11.3 Å². The van der Waals surface area contributed by atoms with Crippen LogP contribution in [0.2, 0.25) is 0 Å². The number of anilines is 3. The van der Waals surface area contributed by atoms with Gasteiger partial charge in [0.05, 0.1) is 11.2 Å². The lowest BCUT2D eigenvalue weighted by Gasteiger charge is -2.43. The summed E-state index contributed by atoms with van der Waals surface area (Å²) in [6.07, 6.45) is 4.77. The number of benzene rings is 7. The molecular formula is C58H54BN2S. The van der Waals surface area contributed by atoms with Crippen LogP contribution < -0.4 is 15.1 Å². The lowest BCUT2D eigenvalue weighted by Crippen LogP contribution is -2.40. The molecule has 2 aromatic heterocycles. The highest BCUT2D eigenvalue weighted by molar-refractivity contribution is 7.29. The van der Waals surface area contributed by atoms with E-state index < -0.39 is 0 Å². The average Bonchev–Trinajstić information content (AvgIpc) is 3.84. The molecule has 0 unspecified atom stereocenters. The van der Waals surface area contributed by atoms with Crippen LogP contribution in [0.15, 0.2) is 127 Å². The smallest absolute Gasteiger partial charge is 0.211 e. The summed E-state index contributed by atoms with van der Waals surface area (Å²) in [5.41, 5.74) is 18.8. The Morgan fingerprint density at radius 3 is 1.95 bits per heavy atom. The van der Waals surface area contributed by atoms with Crippen molar-refractivity contribution in [3.63, 3.8) is 0 Å². The molecule has 0 atom stereocenters. The zero-order valence-corrected chi connectivity index (χ0v) is 38.2. The van der Waals surface area contributed by atoms with E-state index in [9.17, 15) is 0 Å². The molecule has 9 aromatic rings. The molecule has 0 saturated carbocycles. The summed E-state index contributed by atoms with van der Waals surface area (Å²) in [5, 5.41) is 6.47. The fourth-order valence-corrected chi connectivity index (χ4v) is 12.8. The zero-order valence-electron chi connectivity index (χ0n) is 37.4. The molecule has 0 saturated heterocycles. The molecule has 7 aromatic carbocycles. The van der Waals surface area contributed by atoms with Crippen molar-refractivity contribution in [1.29, 1.82) is 0 Å². The number of aromatic amines is 1. The first-order chi connectivity index (χ1) is 29.7. The zero-order chi connectivity index (χ0) is 42.5. The average molecular weight is 822 g/mol. The van der Waals surface area contributed by atoms with Gasteiger partial charge in [-0.05, 0) is 150 Å². The van der Waals surface area contributed by atoms with E-state index in [-0.39, 0.29) is 21.7 Å². The summed E-state index contributed by atoms with van der Waals surface area (Å²) in [4.78, 5) is 6.63. The number of hydrogen-bond donors (Lipinski definition) is 1. The maximum absolute atomic E-state index is 3.96. The first-order valence-electron chi connectivity index (χ1n) is 22.8. The predicted molar refractivity (Wildman–Crippen MR) is 270 cm³/mol. The normalized spacial score (nSPS) is 18.0. The van der Waals surface area contributed by atoms with Crippen molar-refractivity contribution >= 4 is 88.6 Å². The second-order valence-corrected chi connectivity index (χ2v) is 22.4. The standard InChI is InChI=1S/C58H54BN2S/c1-55(2)25-26-56(3,4)44-31-37(22-23-43(44)55)61-48-30-36(34-15-10-9-11-16-34)29-41(39-19-14-20-40-50-38-18-13-12-17-35(38)21-24-47(50)60-52(39)40)51(48)59-54-53(61)42-32-45-46(33-49(42)62-54)58(7,8)28-27-57(45,5)6/h9-24,29-33,60H,25-28H2,1-8H3. The Morgan fingerprint density at radius 2 is 1.19 bits per heavy atom. The monoisotopic (exact) mass is 821 g/mol. The first-order valence-corrected chi connectivity index (χ1v) is 23.6. The van der Waals surface area contributed by atoms with Gasteiger partial charge in [-0.15, -0.1) is 11.3 Å². The number of para-hydroxylation sites is 1. The summed E-state index contributed by atoms with van der Waals surface area (Å²) in [5.74, 6) is 0. The van der Waals surface area contributed by atoms with E-state index in [4.69, 9.17) is 0 Å². The van der Waals surface area contributed by atoms with Crippen molar-refractivity contribution in [2.24, 2.45) is 0 Å². The molecule has 2 aliphatic carbocycles. The van der Waals surface area contributed by atoms with Crippen LogP contribution in [0.1, 0.15) is 103 Å². The Labute approximate surface area is 371 Å². The molecule has 4 heteroatoms. The van der Waals surface area contributed by atoms with E-state index in [0.29, 0.717) is 0 Å². The van der Waals surface area contributed by atoms with Crippen LogP contribution in [-0.4, -0.2) is 12.3 Å². The molecule has 62 heavy (non-hydrogen) atoms. The highest BCUT2D eigenvalue weighted by Crippen LogP contribution is 2.53. The minimum absolute atomic E-state index is 0.0757. The predicted octanol–water partition coefficient (Wildman–Crippen LogP) is 15.2. The van der Waals surface area contributed by atoms with Gasteiger partial charge in [-0.2, -0.15) is 0 Å². The minimum Gasteiger partial charge on any atom is -0.354 e. The number of nitrogens with one attached hydrogen (secondary N) is 1. The second-order valence-electron chi connectivity index (χ2n) is 21.3. The van der Waals surface area contributed by atoms with Crippen LogP contribution in [0.5, 0.6) is 0 Å². The van der Waals surface area contributed by atoms with Gasteiger partial charge in [0.15, 0.2) is 0 Å². The molecule has 12 rings (SSSR count). The van der Waals surface area contributed by atoms with Crippen LogP contribution in [0.25, 0.3) is 64.9 Å². The number of H-pyrrole nitrogens is 1. The van der Waals surface area contributed by atoms with Gasteiger partial charge in [0.2, 0.25) is 7.28 Å². The number of fused-ring (bicyclic) bond motifs is 11. The third-order valence-corrected chi connectivity index (χ3v) is 16.7. The SMILES string of the molecule is CC1(C)CCC(C)(C)c2cc(N3c4cc(-c5ccccc5)cc(-c5cccc6c5[nH]c5ccc7ccccc7c56)c4[B]c4sc5cc6c(cc5c43)C(C)(C)CCC6(C)C)ccc21. The van der Waals surface area contributed by atoms with Crippen LogP contribution in [0.3, 0.4) is 0 Å². The summed E-state index contributed by atoms with van der Waals surface area (Å²) in [6, 6.07) is 48.8. The molecule has 0 bridgehead atoms. The Bertz CT molecular complexity index is 3340. The number of thiophene rings is 1. The van der Waals surface area contributed by atoms with Crippen molar-refractivity contribution in [3.05, 3.63) is 150 Å². The first kappa shape index (κ1) is 38.1. The van der Waals surface area contributed by atoms with Crippen LogP contribution in [0, 0.1) is 0 Å². The van der Waals surface area contributed by atoms with Crippen molar-refractivity contribution in [1.82, 2.24) is 4.98 Å². The van der Waals surface area contributed by atoms with Crippen molar-refractivity contribution < 1.29 is 0 Å². The third-order valence-electron chi connectivity index (χ3n) is 15.6. The van der Waals surface area contributed by atoms with Crippen LogP contribution in [-0.2, 0) is 21.7 Å². The Morgan fingerprint density at radius 1 is 0.532 bits per heavy atom. The molecule has 1 aliphatic heterocycles. The van der Waals surface area contributed by atoms with Gasteiger partial charge in [-0.1, -0.05) is 140 Å². The summed E-state index contributed by atoms with van der Waals surface area (Å²) in [6.45, 7) is 19.6. The number of aromatic nitrogens is 1. The van der Waals surface area contributed by atoms with E-state index in [0.717, 1.165) is 0 Å². The molecule has 305 valence electrons. The Balaban J connectivity index is 1.18. The summed E-state index contributed by atoms with van der Waals surface area (Å²) < 4.78 is 2.70. The molecular weight excluding hydrogens is 768 g/mol. The molecule has 1 radical (unpaired) electrons. The molecule has 3 aliphatic rings. The lowest BCUT2D eigenvalue weighted by atomic mass is 9.61.